The van der Waals surface area contributed by atoms with Gasteiger partial charge in [-0.25, -0.2) is 23.1 Å². The van der Waals surface area contributed by atoms with Crippen molar-refractivity contribution in [1.29, 1.82) is 0 Å². The molecule has 0 spiro atoms. The molecule has 1 aromatic carbocycles. The number of aliphatic hydroxyl groups is 3. The SMILES string of the molecule is Cc1ncnc2c1ccn2[C@@H]1O[C@H]([C@@H](O)c2cc(C(F)F)c(F)c3c2CNCC3)[C@@](C)(O)[C@H]1O. The highest BCUT2D eigenvalue weighted by atomic mass is 19.3. The number of halogens is 3. The summed E-state index contributed by atoms with van der Waals surface area (Å²) in [5.74, 6) is -0.978. The van der Waals surface area contributed by atoms with Crippen LogP contribution in [0.4, 0.5) is 13.2 Å². The van der Waals surface area contributed by atoms with Gasteiger partial charge in [0.15, 0.2) is 6.23 Å². The van der Waals surface area contributed by atoms with Gasteiger partial charge in [0, 0.05) is 18.1 Å². The van der Waals surface area contributed by atoms with E-state index in [1.807, 2.05) is 0 Å². The third-order valence-electron chi connectivity index (χ3n) is 6.95. The molecule has 2 aliphatic heterocycles. The van der Waals surface area contributed by atoms with Crippen LogP contribution in [0.2, 0.25) is 0 Å². The summed E-state index contributed by atoms with van der Waals surface area (Å²) < 4.78 is 49.4. The Balaban J connectivity index is 1.56. The van der Waals surface area contributed by atoms with E-state index in [-0.39, 0.29) is 24.1 Å². The van der Waals surface area contributed by atoms with Gasteiger partial charge in [0.25, 0.3) is 6.43 Å². The van der Waals surface area contributed by atoms with Gasteiger partial charge in [-0.1, -0.05) is 0 Å². The van der Waals surface area contributed by atoms with Crippen molar-refractivity contribution >= 4 is 11.0 Å². The third kappa shape index (κ3) is 3.42. The molecule has 0 unspecified atom stereocenters. The molecule has 2 aliphatic rings. The first-order chi connectivity index (χ1) is 16.1. The summed E-state index contributed by atoms with van der Waals surface area (Å²) in [5, 5.41) is 37.2. The first kappa shape index (κ1) is 23.2. The molecule has 11 heteroatoms. The van der Waals surface area contributed by atoms with Crippen LogP contribution in [-0.4, -0.2) is 54.2 Å². The lowest BCUT2D eigenvalue weighted by Crippen LogP contribution is -2.47. The molecular weight excluding hydrogens is 453 g/mol. The molecule has 4 N–H and O–H groups in total. The van der Waals surface area contributed by atoms with Crippen LogP contribution in [0.15, 0.2) is 24.7 Å². The smallest absolute Gasteiger partial charge is 0.266 e. The Bertz CT molecular complexity index is 1250. The molecule has 0 saturated carbocycles. The van der Waals surface area contributed by atoms with Crippen molar-refractivity contribution in [1.82, 2.24) is 19.9 Å². The van der Waals surface area contributed by atoms with E-state index in [0.717, 1.165) is 11.5 Å². The summed E-state index contributed by atoms with van der Waals surface area (Å²) in [7, 11) is 0. The highest BCUT2D eigenvalue weighted by Crippen LogP contribution is 2.45. The van der Waals surface area contributed by atoms with Gasteiger partial charge >= 0.3 is 0 Å². The highest BCUT2D eigenvalue weighted by Gasteiger charge is 2.56. The summed E-state index contributed by atoms with van der Waals surface area (Å²) >= 11 is 0. The van der Waals surface area contributed by atoms with Gasteiger partial charge < -0.3 is 29.9 Å². The topological polar surface area (TPSA) is 113 Å². The number of benzene rings is 1. The Labute approximate surface area is 193 Å². The number of rotatable bonds is 4. The average Bonchev–Trinajstić information content (AvgIpc) is 3.33. The van der Waals surface area contributed by atoms with Crippen LogP contribution in [-0.2, 0) is 17.7 Å². The van der Waals surface area contributed by atoms with E-state index in [1.165, 1.54) is 17.8 Å². The predicted molar refractivity (Wildman–Crippen MR) is 115 cm³/mol. The van der Waals surface area contributed by atoms with Gasteiger partial charge in [-0.05, 0) is 55.6 Å². The van der Waals surface area contributed by atoms with Crippen LogP contribution in [0, 0.1) is 12.7 Å². The second kappa shape index (κ2) is 8.28. The molecule has 34 heavy (non-hydrogen) atoms. The highest BCUT2D eigenvalue weighted by molar-refractivity contribution is 5.78. The molecule has 4 heterocycles. The Morgan fingerprint density at radius 3 is 2.76 bits per heavy atom. The number of aromatic nitrogens is 3. The van der Waals surface area contributed by atoms with E-state index >= 15 is 0 Å². The van der Waals surface area contributed by atoms with Crippen LogP contribution < -0.4 is 5.32 Å². The predicted octanol–water partition coefficient (Wildman–Crippen LogP) is 2.21. The maximum Gasteiger partial charge on any atom is 0.266 e. The van der Waals surface area contributed by atoms with Gasteiger partial charge in [0.2, 0.25) is 0 Å². The minimum absolute atomic E-state index is 0.0348. The summed E-state index contributed by atoms with van der Waals surface area (Å²) in [6, 6.07) is 2.67. The fourth-order valence-electron chi connectivity index (χ4n) is 5.01. The lowest BCUT2D eigenvalue weighted by atomic mass is 9.83. The van der Waals surface area contributed by atoms with Crippen LogP contribution in [0.25, 0.3) is 11.0 Å². The van der Waals surface area contributed by atoms with Crippen molar-refractivity contribution in [2.45, 2.75) is 63.4 Å². The standard InChI is InChI=1S/C23H25F3N4O4/c1-10-11-4-6-30(21(11)29-9-28-10)22-18(32)23(2,33)19(34-22)17(31)13-7-14(20(25)26)16(24)12-3-5-27-8-15(12)13/h4,6-7,9,17-20,22,27,31-33H,3,5,8H2,1-2H3/t17-,18-,19+,22+,23-/m0/s1. The maximum absolute atomic E-state index is 14.7. The molecule has 0 radical (unpaired) electrons. The summed E-state index contributed by atoms with van der Waals surface area (Å²) in [6.07, 6.45) is -5.51. The van der Waals surface area contributed by atoms with E-state index in [1.54, 1.807) is 19.2 Å². The molecule has 5 atom stereocenters. The number of nitrogens with zero attached hydrogens (tertiary/aromatic N) is 3. The zero-order chi connectivity index (χ0) is 24.4. The molecule has 182 valence electrons. The van der Waals surface area contributed by atoms with Gasteiger partial charge in [0.1, 0.15) is 41.7 Å². The number of fused-ring (bicyclic) bond motifs is 2. The molecule has 0 amide bonds. The number of hydrogen-bond acceptors (Lipinski definition) is 7. The lowest BCUT2D eigenvalue weighted by molar-refractivity contribution is -0.115. The first-order valence-corrected chi connectivity index (χ1v) is 11.0. The number of aryl methyl sites for hydroxylation is 1. The second-order valence-corrected chi connectivity index (χ2v) is 9.04. The zero-order valence-corrected chi connectivity index (χ0v) is 18.5. The summed E-state index contributed by atoms with van der Waals surface area (Å²) in [6.45, 7) is 3.68. The van der Waals surface area contributed by atoms with Crippen molar-refractivity contribution in [3.05, 3.63) is 58.4 Å². The zero-order valence-electron chi connectivity index (χ0n) is 18.5. The summed E-state index contributed by atoms with van der Waals surface area (Å²) in [4.78, 5) is 8.37. The Morgan fingerprint density at radius 1 is 1.26 bits per heavy atom. The number of ether oxygens (including phenoxy) is 1. The molecule has 3 aromatic rings. The molecule has 1 fully saturated rings. The molecule has 8 nitrogen and oxygen atoms in total. The molecule has 5 rings (SSSR count). The van der Waals surface area contributed by atoms with E-state index in [9.17, 15) is 28.5 Å². The second-order valence-electron chi connectivity index (χ2n) is 9.04. The van der Waals surface area contributed by atoms with Crippen molar-refractivity contribution in [3.63, 3.8) is 0 Å². The van der Waals surface area contributed by atoms with Crippen molar-refractivity contribution < 1.29 is 33.2 Å². The van der Waals surface area contributed by atoms with Gasteiger partial charge in [0.05, 0.1) is 11.3 Å². The van der Waals surface area contributed by atoms with E-state index < -0.39 is 47.9 Å². The number of hydrogen-bond donors (Lipinski definition) is 4. The van der Waals surface area contributed by atoms with Crippen LogP contribution in [0.3, 0.4) is 0 Å². The van der Waals surface area contributed by atoms with Crippen molar-refractivity contribution in [2.24, 2.45) is 0 Å². The lowest BCUT2D eigenvalue weighted by Gasteiger charge is -2.32. The quantitative estimate of drug-likeness (QED) is 0.455. The Hall–Kier alpha value is -2.57. The number of nitrogens with one attached hydrogen (secondary N) is 1. The van der Waals surface area contributed by atoms with Gasteiger partial charge in [-0.15, -0.1) is 0 Å². The molecule has 1 saturated heterocycles. The van der Waals surface area contributed by atoms with Crippen LogP contribution in [0.1, 0.15) is 53.6 Å². The normalized spacial score (nSPS) is 28.0. The Morgan fingerprint density at radius 2 is 2.03 bits per heavy atom. The molecular formula is C23H25F3N4O4. The molecule has 2 aromatic heterocycles. The third-order valence-corrected chi connectivity index (χ3v) is 6.95. The number of alkyl halides is 2. The monoisotopic (exact) mass is 478 g/mol. The summed E-state index contributed by atoms with van der Waals surface area (Å²) in [5.41, 5.74) is -1.09. The molecule has 0 bridgehead atoms. The number of aliphatic hydroxyl groups excluding tert-OH is 2. The van der Waals surface area contributed by atoms with Crippen LogP contribution >= 0.6 is 0 Å². The molecule has 0 aliphatic carbocycles. The van der Waals surface area contributed by atoms with E-state index in [4.69, 9.17) is 4.74 Å². The minimum atomic E-state index is -3.08. The van der Waals surface area contributed by atoms with Crippen molar-refractivity contribution in [3.8, 4) is 0 Å². The Kier molecular flexibility index (Phi) is 5.64. The largest absolute Gasteiger partial charge is 0.386 e. The van der Waals surface area contributed by atoms with Crippen LogP contribution in [0.5, 0.6) is 0 Å². The van der Waals surface area contributed by atoms with Crippen molar-refractivity contribution in [2.75, 3.05) is 6.54 Å². The fraction of sp³-hybridized carbons (Fsp3) is 0.478. The average molecular weight is 478 g/mol. The minimum Gasteiger partial charge on any atom is -0.386 e. The maximum atomic E-state index is 14.7. The van der Waals surface area contributed by atoms with E-state index in [0.29, 0.717) is 23.4 Å². The van der Waals surface area contributed by atoms with E-state index in [2.05, 4.69) is 15.3 Å². The van der Waals surface area contributed by atoms with Gasteiger partial charge in [-0.3, -0.25) is 0 Å². The van der Waals surface area contributed by atoms with Gasteiger partial charge in [-0.2, -0.15) is 0 Å². The first-order valence-electron chi connectivity index (χ1n) is 11.0. The fourth-order valence-corrected chi connectivity index (χ4v) is 5.01.